The zero-order valence-corrected chi connectivity index (χ0v) is 20.2. The SMILES string of the molecule is COc1cc(C(=O)OCCN(C2=NS(=O)(=O)c3ccccc32)c2ccccc2)cc(OC)c1OC. The van der Waals surface area contributed by atoms with Crippen molar-refractivity contribution in [2.75, 3.05) is 39.4 Å². The third-order valence-corrected chi connectivity index (χ3v) is 6.71. The molecule has 3 aromatic rings. The number of esters is 1. The largest absolute Gasteiger partial charge is 0.493 e. The fourth-order valence-corrected chi connectivity index (χ4v) is 4.97. The van der Waals surface area contributed by atoms with Gasteiger partial charge >= 0.3 is 5.97 Å². The van der Waals surface area contributed by atoms with Crippen molar-refractivity contribution in [3.8, 4) is 17.2 Å². The van der Waals surface area contributed by atoms with Gasteiger partial charge in [-0.1, -0.05) is 30.3 Å². The van der Waals surface area contributed by atoms with Crippen LogP contribution in [0.4, 0.5) is 5.69 Å². The van der Waals surface area contributed by atoms with Gasteiger partial charge in [0.25, 0.3) is 10.0 Å². The molecule has 0 spiro atoms. The first-order valence-corrected chi connectivity index (χ1v) is 12.1. The summed E-state index contributed by atoms with van der Waals surface area (Å²) in [5.74, 6) is 0.689. The van der Waals surface area contributed by atoms with Crippen LogP contribution in [0.25, 0.3) is 0 Å². The lowest BCUT2D eigenvalue weighted by Gasteiger charge is -2.24. The fourth-order valence-electron chi connectivity index (χ4n) is 3.76. The number of anilines is 1. The molecule has 0 N–H and O–H groups in total. The molecule has 0 saturated carbocycles. The van der Waals surface area contributed by atoms with Crippen LogP contribution in [0.15, 0.2) is 76.0 Å². The Kier molecular flexibility index (Phi) is 6.92. The number of hydrogen-bond donors (Lipinski definition) is 0. The van der Waals surface area contributed by atoms with Gasteiger partial charge in [-0.3, -0.25) is 0 Å². The molecule has 182 valence electrons. The molecule has 4 rings (SSSR count). The highest BCUT2D eigenvalue weighted by Gasteiger charge is 2.32. The van der Waals surface area contributed by atoms with Gasteiger partial charge in [0, 0.05) is 11.3 Å². The minimum Gasteiger partial charge on any atom is -0.493 e. The first-order valence-electron chi connectivity index (χ1n) is 10.6. The van der Waals surface area contributed by atoms with Crippen LogP contribution in [0, 0.1) is 0 Å². The lowest BCUT2D eigenvalue weighted by Crippen LogP contribution is -2.34. The molecule has 0 aromatic heterocycles. The Morgan fingerprint density at radius 2 is 1.51 bits per heavy atom. The summed E-state index contributed by atoms with van der Waals surface area (Å²) in [6.45, 7) is 0.133. The zero-order chi connectivity index (χ0) is 25.0. The Morgan fingerprint density at radius 3 is 2.14 bits per heavy atom. The molecule has 0 aliphatic carbocycles. The summed E-state index contributed by atoms with van der Waals surface area (Å²) in [4.78, 5) is 14.7. The predicted octanol–water partition coefficient (Wildman–Crippen LogP) is 3.52. The van der Waals surface area contributed by atoms with Crippen LogP contribution < -0.4 is 19.1 Å². The Labute approximate surface area is 203 Å². The second-order valence-electron chi connectivity index (χ2n) is 7.42. The molecule has 0 saturated heterocycles. The number of para-hydroxylation sites is 1. The molecule has 9 nitrogen and oxygen atoms in total. The highest BCUT2D eigenvalue weighted by Crippen LogP contribution is 2.38. The fraction of sp³-hybridized carbons (Fsp3) is 0.200. The van der Waals surface area contributed by atoms with Gasteiger partial charge in [-0.05, 0) is 36.4 Å². The van der Waals surface area contributed by atoms with E-state index in [-0.39, 0.29) is 29.4 Å². The van der Waals surface area contributed by atoms with E-state index in [2.05, 4.69) is 4.40 Å². The number of carbonyl (C=O) groups is 1. The van der Waals surface area contributed by atoms with Gasteiger partial charge in [0.15, 0.2) is 17.3 Å². The highest BCUT2D eigenvalue weighted by atomic mass is 32.2. The number of rotatable bonds is 8. The topological polar surface area (TPSA) is 104 Å². The molecule has 10 heteroatoms. The molecule has 0 atom stereocenters. The van der Waals surface area contributed by atoms with Crippen molar-refractivity contribution in [2.24, 2.45) is 4.40 Å². The maximum absolute atomic E-state index is 12.8. The van der Waals surface area contributed by atoms with Crippen LogP contribution >= 0.6 is 0 Å². The van der Waals surface area contributed by atoms with Crippen molar-refractivity contribution < 1.29 is 32.2 Å². The molecular weight excluding hydrogens is 472 g/mol. The third-order valence-electron chi connectivity index (χ3n) is 5.38. The Hall–Kier alpha value is -4.05. The van der Waals surface area contributed by atoms with E-state index < -0.39 is 16.0 Å². The van der Waals surface area contributed by atoms with Crippen LogP contribution in [0.3, 0.4) is 0 Å². The van der Waals surface area contributed by atoms with Crippen molar-refractivity contribution in [3.05, 3.63) is 77.9 Å². The van der Waals surface area contributed by atoms with Gasteiger partial charge in [-0.2, -0.15) is 8.42 Å². The molecule has 0 amide bonds. The number of sulfonamides is 1. The molecule has 0 fully saturated rings. The van der Waals surface area contributed by atoms with E-state index in [0.717, 1.165) is 0 Å². The standard InChI is InChI=1S/C25H24N2O7S/c1-31-20-15-17(16-21(32-2)23(20)33-3)25(28)34-14-13-27(18-9-5-4-6-10-18)24-19-11-7-8-12-22(19)35(29,30)26-24/h4-12,15-16H,13-14H2,1-3H3. The monoisotopic (exact) mass is 496 g/mol. The first kappa shape index (κ1) is 24.1. The number of nitrogens with zero attached hydrogens (tertiary/aromatic N) is 2. The molecular formula is C25H24N2O7S. The number of fused-ring (bicyclic) bond motifs is 1. The van der Waals surface area contributed by atoms with E-state index in [9.17, 15) is 13.2 Å². The number of ether oxygens (including phenoxy) is 4. The normalized spacial score (nSPS) is 13.4. The summed E-state index contributed by atoms with van der Waals surface area (Å²) in [7, 11) is 0.571. The maximum atomic E-state index is 12.8. The molecule has 1 heterocycles. The van der Waals surface area contributed by atoms with Crippen molar-refractivity contribution in [3.63, 3.8) is 0 Å². The predicted molar refractivity (Wildman–Crippen MR) is 130 cm³/mol. The van der Waals surface area contributed by atoms with Gasteiger partial charge in [-0.25, -0.2) is 4.79 Å². The van der Waals surface area contributed by atoms with E-state index in [1.54, 1.807) is 23.1 Å². The van der Waals surface area contributed by atoms with Gasteiger partial charge < -0.3 is 23.8 Å². The van der Waals surface area contributed by atoms with Gasteiger partial charge in [0.05, 0.1) is 33.4 Å². The number of hydrogen-bond acceptors (Lipinski definition) is 8. The van der Waals surface area contributed by atoms with Gasteiger partial charge in [0.2, 0.25) is 5.75 Å². The van der Waals surface area contributed by atoms with Crippen molar-refractivity contribution in [2.45, 2.75) is 4.90 Å². The van der Waals surface area contributed by atoms with Crippen LogP contribution in [-0.4, -0.2) is 54.7 Å². The molecule has 0 bridgehead atoms. The molecule has 0 unspecified atom stereocenters. The van der Waals surface area contributed by atoms with E-state index in [1.165, 1.54) is 39.5 Å². The first-order chi connectivity index (χ1) is 16.9. The van der Waals surface area contributed by atoms with E-state index in [1.807, 2.05) is 30.3 Å². The van der Waals surface area contributed by atoms with Crippen molar-refractivity contribution in [1.29, 1.82) is 0 Å². The Balaban J connectivity index is 1.58. The minimum atomic E-state index is -3.82. The number of carbonyl (C=O) groups excluding carboxylic acids is 1. The van der Waals surface area contributed by atoms with Crippen LogP contribution in [0.2, 0.25) is 0 Å². The van der Waals surface area contributed by atoms with Gasteiger partial charge in [-0.15, -0.1) is 4.40 Å². The average Bonchev–Trinajstić information content (AvgIpc) is 3.16. The molecule has 3 aromatic carbocycles. The van der Waals surface area contributed by atoms with Crippen LogP contribution in [0.1, 0.15) is 15.9 Å². The average molecular weight is 497 g/mol. The van der Waals surface area contributed by atoms with E-state index >= 15 is 0 Å². The summed E-state index contributed by atoms with van der Waals surface area (Å²) in [6.07, 6.45) is 0. The number of methoxy groups -OCH3 is 3. The molecule has 0 radical (unpaired) electrons. The summed E-state index contributed by atoms with van der Waals surface area (Å²) in [5.41, 5.74) is 1.42. The summed E-state index contributed by atoms with van der Waals surface area (Å²) >= 11 is 0. The Bertz CT molecular complexity index is 1350. The summed E-state index contributed by atoms with van der Waals surface area (Å²) < 4.78 is 50.6. The maximum Gasteiger partial charge on any atom is 0.338 e. The number of benzene rings is 3. The molecule has 1 aliphatic rings. The lowest BCUT2D eigenvalue weighted by molar-refractivity contribution is 0.0516. The Morgan fingerprint density at radius 1 is 0.886 bits per heavy atom. The lowest BCUT2D eigenvalue weighted by atomic mass is 10.1. The van der Waals surface area contributed by atoms with E-state index in [4.69, 9.17) is 18.9 Å². The zero-order valence-electron chi connectivity index (χ0n) is 19.4. The summed E-state index contributed by atoms with van der Waals surface area (Å²) in [6, 6.07) is 18.8. The van der Waals surface area contributed by atoms with Crippen LogP contribution in [0.5, 0.6) is 17.2 Å². The second kappa shape index (κ2) is 10.1. The van der Waals surface area contributed by atoms with Crippen molar-refractivity contribution in [1.82, 2.24) is 0 Å². The molecule has 35 heavy (non-hydrogen) atoms. The number of amidine groups is 1. The highest BCUT2D eigenvalue weighted by molar-refractivity contribution is 7.90. The smallest absolute Gasteiger partial charge is 0.338 e. The van der Waals surface area contributed by atoms with Crippen LogP contribution in [-0.2, 0) is 14.8 Å². The quantitative estimate of drug-likeness (QED) is 0.437. The third kappa shape index (κ3) is 4.78. The minimum absolute atomic E-state index is 0.0361. The van der Waals surface area contributed by atoms with Gasteiger partial charge in [0.1, 0.15) is 11.5 Å². The van der Waals surface area contributed by atoms with Crippen molar-refractivity contribution >= 4 is 27.5 Å². The van der Waals surface area contributed by atoms with E-state index in [0.29, 0.717) is 28.5 Å². The molecule has 1 aliphatic heterocycles. The summed E-state index contributed by atoms with van der Waals surface area (Å²) in [5, 5.41) is 0. The second-order valence-corrected chi connectivity index (χ2v) is 9.00.